The number of anilines is 1. The molecule has 0 aliphatic carbocycles. The number of nitrogens with one attached hydrogen (secondary N) is 1. The van der Waals surface area contributed by atoms with Gasteiger partial charge in [-0.1, -0.05) is 17.7 Å². The first-order chi connectivity index (χ1) is 14.4. The van der Waals surface area contributed by atoms with Gasteiger partial charge < -0.3 is 25.6 Å². The van der Waals surface area contributed by atoms with Crippen molar-refractivity contribution in [3.63, 3.8) is 0 Å². The number of hydrogen-bond acceptors (Lipinski definition) is 5. The third kappa shape index (κ3) is 5.87. The molecule has 1 saturated heterocycles. The molecule has 1 fully saturated rings. The lowest BCUT2D eigenvalue weighted by molar-refractivity contribution is -0.133. The Bertz CT molecular complexity index is 911. The van der Waals surface area contributed by atoms with Crippen LogP contribution in [0.1, 0.15) is 10.4 Å². The van der Waals surface area contributed by atoms with E-state index in [9.17, 15) is 14.4 Å². The van der Waals surface area contributed by atoms with Crippen LogP contribution >= 0.6 is 11.6 Å². The van der Waals surface area contributed by atoms with E-state index in [-0.39, 0.29) is 19.1 Å². The monoisotopic (exact) mass is 430 g/mol. The van der Waals surface area contributed by atoms with Crippen LogP contribution < -0.4 is 20.7 Å². The van der Waals surface area contributed by atoms with E-state index in [1.54, 1.807) is 17.0 Å². The SMILES string of the molecule is NC(=O)c1ccc(OCC(=O)NCC(=O)N2CCN(c3cccc(Cl)c3)CC2)cc1. The highest BCUT2D eigenvalue weighted by atomic mass is 35.5. The zero-order valence-corrected chi connectivity index (χ0v) is 17.1. The Morgan fingerprint density at radius 1 is 1.03 bits per heavy atom. The lowest BCUT2D eigenvalue weighted by atomic mass is 10.2. The number of carbonyl (C=O) groups excluding carboxylic acids is 3. The highest BCUT2D eigenvalue weighted by Crippen LogP contribution is 2.20. The van der Waals surface area contributed by atoms with Crippen molar-refractivity contribution in [3.8, 4) is 5.75 Å². The quantitative estimate of drug-likeness (QED) is 0.688. The van der Waals surface area contributed by atoms with Crippen LogP contribution in [-0.4, -0.2) is 62.0 Å². The molecular formula is C21H23ClN4O4. The molecule has 0 saturated carbocycles. The second kappa shape index (κ2) is 9.98. The van der Waals surface area contributed by atoms with Crippen molar-refractivity contribution < 1.29 is 19.1 Å². The van der Waals surface area contributed by atoms with Gasteiger partial charge in [0.15, 0.2) is 6.61 Å². The van der Waals surface area contributed by atoms with E-state index in [0.717, 1.165) is 5.69 Å². The van der Waals surface area contributed by atoms with E-state index in [4.69, 9.17) is 22.1 Å². The van der Waals surface area contributed by atoms with E-state index >= 15 is 0 Å². The van der Waals surface area contributed by atoms with Crippen LogP contribution in [0, 0.1) is 0 Å². The summed E-state index contributed by atoms with van der Waals surface area (Å²) >= 11 is 6.04. The van der Waals surface area contributed by atoms with Crippen LogP contribution in [0.15, 0.2) is 48.5 Å². The average molecular weight is 431 g/mol. The molecule has 0 unspecified atom stereocenters. The van der Waals surface area contributed by atoms with E-state index < -0.39 is 11.8 Å². The van der Waals surface area contributed by atoms with Crippen molar-refractivity contribution in [3.05, 3.63) is 59.1 Å². The lowest BCUT2D eigenvalue weighted by Crippen LogP contribution is -2.51. The van der Waals surface area contributed by atoms with Crippen molar-refractivity contribution in [1.29, 1.82) is 0 Å². The molecular weight excluding hydrogens is 408 g/mol. The summed E-state index contributed by atoms with van der Waals surface area (Å²) in [5, 5.41) is 3.25. The molecule has 8 nitrogen and oxygen atoms in total. The molecule has 3 N–H and O–H groups in total. The summed E-state index contributed by atoms with van der Waals surface area (Å²) < 4.78 is 5.35. The van der Waals surface area contributed by atoms with Gasteiger partial charge in [-0.05, 0) is 42.5 Å². The number of ether oxygens (including phenoxy) is 1. The van der Waals surface area contributed by atoms with Gasteiger partial charge in [0, 0.05) is 42.5 Å². The van der Waals surface area contributed by atoms with Crippen LogP contribution in [-0.2, 0) is 9.59 Å². The number of nitrogens with zero attached hydrogens (tertiary/aromatic N) is 2. The summed E-state index contributed by atoms with van der Waals surface area (Å²) in [6.07, 6.45) is 0. The number of carbonyl (C=O) groups is 3. The Balaban J connectivity index is 1.38. The van der Waals surface area contributed by atoms with Gasteiger partial charge in [-0.15, -0.1) is 0 Å². The maximum absolute atomic E-state index is 12.4. The minimum Gasteiger partial charge on any atom is -0.484 e. The molecule has 30 heavy (non-hydrogen) atoms. The number of rotatable bonds is 7. The number of piperazine rings is 1. The fourth-order valence-electron chi connectivity index (χ4n) is 3.09. The first-order valence-corrected chi connectivity index (χ1v) is 9.88. The number of halogens is 1. The zero-order valence-electron chi connectivity index (χ0n) is 16.3. The predicted octanol–water partition coefficient (Wildman–Crippen LogP) is 1.28. The third-order valence-electron chi connectivity index (χ3n) is 4.75. The highest BCUT2D eigenvalue weighted by molar-refractivity contribution is 6.30. The summed E-state index contributed by atoms with van der Waals surface area (Å²) in [5.74, 6) is -0.649. The number of benzene rings is 2. The van der Waals surface area contributed by atoms with Gasteiger partial charge >= 0.3 is 0 Å². The molecule has 2 aromatic rings. The normalized spacial score (nSPS) is 13.6. The van der Waals surface area contributed by atoms with Crippen LogP contribution in [0.3, 0.4) is 0 Å². The van der Waals surface area contributed by atoms with Crippen LogP contribution in [0.2, 0.25) is 5.02 Å². The molecule has 0 spiro atoms. The minimum absolute atomic E-state index is 0.0834. The first kappa shape index (κ1) is 21.4. The molecule has 158 valence electrons. The van der Waals surface area contributed by atoms with Crippen molar-refractivity contribution in [2.45, 2.75) is 0 Å². The topological polar surface area (TPSA) is 105 Å². The molecule has 0 aromatic heterocycles. The summed E-state index contributed by atoms with van der Waals surface area (Å²) in [4.78, 5) is 39.2. The molecule has 0 bridgehead atoms. The van der Waals surface area contributed by atoms with Gasteiger partial charge in [0.1, 0.15) is 5.75 Å². The minimum atomic E-state index is -0.536. The van der Waals surface area contributed by atoms with Crippen LogP contribution in [0.5, 0.6) is 5.75 Å². The molecule has 1 aliphatic rings. The molecule has 2 aromatic carbocycles. The van der Waals surface area contributed by atoms with Gasteiger partial charge in [0.25, 0.3) is 5.91 Å². The summed E-state index contributed by atoms with van der Waals surface area (Å²) in [6.45, 7) is 2.23. The van der Waals surface area contributed by atoms with Crippen LogP contribution in [0.25, 0.3) is 0 Å². The van der Waals surface area contributed by atoms with Crippen LogP contribution in [0.4, 0.5) is 5.69 Å². The van der Waals surface area contributed by atoms with Gasteiger partial charge in [-0.25, -0.2) is 0 Å². The lowest BCUT2D eigenvalue weighted by Gasteiger charge is -2.36. The molecule has 0 radical (unpaired) electrons. The Hall–Kier alpha value is -3.26. The fraction of sp³-hybridized carbons (Fsp3) is 0.286. The standard InChI is InChI=1S/C21H23ClN4O4/c22-16-2-1-3-17(12-16)25-8-10-26(11-9-25)20(28)13-24-19(27)14-30-18-6-4-15(5-7-18)21(23)29/h1-7,12H,8-11,13-14H2,(H2,23,29)(H,24,27). The fourth-order valence-corrected chi connectivity index (χ4v) is 3.27. The Morgan fingerprint density at radius 3 is 2.37 bits per heavy atom. The van der Waals surface area contributed by atoms with Gasteiger partial charge in [0.05, 0.1) is 6.54 Å². The zero-order chi connectivity index (χ0) is 21.5. The molecule has 3 rings (SSSR count). The summed E-state index contributed by atoms with van der Waals surface area (Å²) in [5.41, 5.74) is 6.56. The molecule has 3 amide bonds. The van der Waals surface area contributed by atoms with Crippen molar-refractivity contribution in [1.82, 2.24) is 10.2 Å². The average Bonchev–Trinajstić information content (AvgIpc) is 2.76. The highest BCUT2D eigenvalue weighted by Gasteiger charge is 2.21. The van der Waals surface area contributed by atoms with E-state index in [0.29, 0.717) is 42.5 Å². The summed E-state index contributed by atoms with van der Waals surface area (Å²) in [6, 6.07) is 13.8. The maximum Gasteiger partial charge on any atom is 0.258 e. The smallest absolute Gasteiger partial charge is 0.258 e. The Kier molecular flexibility index (Phi) is 7.13. The number of nitrogens with two attached hydrogens (primary N) is 1. The Morgan fingerprint density at radius 2 is 1.73 bits per heavy atom. The molecule has 0 atom stereocenters. The predicted molar refractivity (Wildman–Crippen MR) is 114 cm³/mol. The molecule has 1 aliphatic heterocycles. The van der Waals surface area contributed by atoms with Gasteiger partial charge in [-0.2, -0.15) is 0 Å². The second-order valence-corrected chi connectivity index (χ2v) is 7.24. The van der Waals surface area contributed by atoms with E-state index in [2.05, 4.69) is 10.2 Å². The molecule has 9 heteroatoms. The van der Waals surface area contributed by atoms with Crippen molar-refractivity contribution in [2.75, 3.05) is 44.2 Å². The van der Waals surface area contributed by atoms with E-state index in [1.807, 2.05) is 24.3 Å². The number of hydrogen-bond donors (Lipinski definition) is 2. The Labute approximate surface area is 179 Å². The maximum atomic E-state index is 12.4. The van der Waals surface area contributed by atoms with E-state index in [1.165, 1.54) is 12.1 Å². The second-order valence-electron chi connectivity index (χ2n) is 6.80. The number of amides is 3. The van der Waals surface area contributed by atoms with Crippen molar-refractivity contribution >= 4 is 35.0 Å². The van der Waals surface area contributed by atoms with Gasteiger partial charge in [-0.3, -0.25) is 14.4 Å². The number of primary amides is 1. The van der Waals surface area contributed by atoms with Crippen molar-refractivity contribution in [2.24, 2.45) is 5.73 Å². The first-order valence-electron chi connectivity index (χ1n) is 9.50. The summed E-state index contributed by atoms with van der Waals surface area (Å²) in [7, 11) is 0. The third-order valence-corrected chi connectivity index (χ3v) is 4.99. The largest absolute Gasteiger partial charge is 0.484 e. The van der Waals surface area contributed by atoms with Gasteiger partial charge in [0.2, 0.25) is 11.8 Å². The molecule has 1 heterocycles.